The van der Waals surface area contributed by atoms with Crippen molar-refractivity contribution in [3.8, 4) is 0 Å². The number of esters is 1. The van der Waals surface area contributed by atoms with Gasteiger partial charge in [-0.25, -0.2) is 0 Å². The van der Waals surface area contributed by atoms with Gasteiger partial charge in [0, 0.05) is 0 Å². The first-order chi connectivity index (χ1) is 5.54. The predicted molar refractivity (Wildman–Crippen MR) is 48.9 cm³/mol. The van der Waals surface area contributed by atoms with E-state index in [2.05, 4.69) is 13.8 Å². The van der Waals surface area contributed by atoms with Crippen molar-refractivity contribution in [2.45, 2.75) is 26.3 Å². The molecule has 2 atom stereocenters. The van der Waals surface area contributed by atoms with Crippen molar-refractivity contribution >= 4 is 5.97 Å². The molecule has 3 heteroatoms. The fourth-order valence-electron chi connectivity index (χ4n) is 1.30. The first-order valence-corrected chi connectivity index (χ1v) is 4.28. The quantitative estimate of drug-likeness (QED) is 0.597. The lowest BCUT2D eigenvalue weighted by atomic mass is 9.98. The average molecular weight is 173 g/mol. The van der Waals surface area contributed by atoms with Crippen LogP contribution in [0.3, 0.4) is 0 Å². The molecule has 3 nitrogen and oxygen atoms in total. The Hall–Kier alpha value is -0.570. The van der Waals surface area contributed by atoms with Crippen LogP contribution in [0.25, 0.3) is 0 Å². The summed E-state index contributed by atoms with van der Waals surface area (Å²) in [7, 11) is 5.22. The van der Waals surface area contributed by atoms with Crippen molar-refractivity contribution < 1.29 is 9.53 Å². The number of methoxy groups -OCH3 is 1. The molecule has 0 radical (unpaired) electrons. The maximum absolute atomic E-state index is 11.3. The smallest absolute Gasteiger partial charge is 0.323 e. The molecule has 72 valence electrons. The summed E-state index contributed by atoms with van der Waals surface area (Å²) in [6, 6.07) is -0.111. The van der Waals surface area contributed by atoms with Crippen LogP contribution in [-0.2, 0) is 9.53 Å². The van der Waals surface area contributed by atoms with E-state index in [4.69, 9.17) is 4.74 Å². The first-order valence-electron chi connectivity index (χ1n) is 4.28. The van der Waals surface area contributed by atoms with Crippen LogP contribution < -0.4 is 0 Å². The van der Waals surface area contributed by atoms with E-state index in [1.165, 1.54) is 7.11 Å². The summed E-state index contributed by atoms with van der Waals surface area (Å²) in [6.07, 6.45) is 0.984. The van der Waals surface area contributed by atoms with Gasteiger partial charge >= 0.3 is 5.97 Å². The van der Waals surface area contributed by atoms with Crippen molar-refractivity contribution in [1.82, 2.24) is 4.90 Å². The summed E-state index contributed by atoms with van der Waals surface area (Å²) in [4.78, 5) is 13.2. The fourth-order valence-corrected chi connectivity index (χ4v) is 1.30. The second-order valence-corrected chi connectivity index (χ2v) is 3.32. The number of carbonyl (C=O) groups is 1. The van der Waals surface area contributed by atoms with Gasteiger partial charge < -0.3 is 4.74 Å². The number of likely N-dealkylation sites (N-methyl/N-ethyl adjacent to an activating group) is 1. The maximum atomic E-state index is 11.3. The number of hydrogen-bond donors (Lipinski definition) is 0. The third kappa shape index (κ3) is 2.81. The summed E-state index contributed by atoms with van der Waals surface area (Å²) in [5, 5.41) is 0. The number of ether oxygens (including phenoxy) is 1. The zero-order valence-corrected chi connectivity index (χ0v) is 8.63. The van der Waals surface area contributed by atoms with Gasteiger partial charge in [-0.3, -0.25) is 9.69 Å². The maximum Gasteiger partial charge on any atom is 0.323 e. The molecule has 0 N–H and O–H groups in total. The number of hydrogen-bond acceptors (Lipinski definition) is 3. The Morgan fingerprint density at radius 2 is 2.00 bits per heavy atom. The molecule has 0 spiro atoms. The molecular formula is C9H19NO2. The van der Waals surface area contributed by atoms with Crippen molar-refractivity contribution in [3.05, 3.63) is 0 Å². The predicted octanol–water partition coefficient (Wildman–Crippen LogP) is 1.14. The molecule has 0 aliphatic carbocycles. The highest BCUT2D eigenvalue weighted by Gasteiger charge is 2.26. The normalized spacial score (nSPS) is 15.8. The van der Waals surface area contributed by atoms with Gasteiger partial charge in [-0.1, -0.05) is 20.3 Å². The van der Waals surface area contributed by atoms with Gasteiger partial charge in [0.1, 0.15) is 6.04 Å². The Morgan fingerprint density at radius 3 is 2.25 bits per heavy atom. The molecule has 0 unspecified atom stereocenters. The van der Waals surface area contributed by atoms with Crippen LogP contribution in [0.5, 0.6) is 0 Å². The molecule has 0 aromatic rings. The molecule has 0 heterocycles. The zero-order valence-electron chi connectivity index (χ0n) is 8.63. The Kier molecular flexibility index (Phi) is 4.90. The zero-order chi connectivity index (χ0) is 9.72. The van der Waals surface area contributed by atoms with E-state index in [-0.39, 0.29) is 12.0 Å². The molecule has 0 amide bonds. The molecule has 0 bridgehead atoms. The Balaban J connectivity index is 4.32. The SMILES string of the molecule is CC[C@H](C)[C@@H](C(=O)OC)N(C)C. The van der Waals surface area contributed by atoms with E-state index in [9.17, 15) is 4.79 Å². The van der Waals surface area contributed by atoms with E-state index in [0.29, 0.717) is 5.92 Å². The van der Waals surface area contributed by atoms with Gasteiger partial charge in [-0.15, -0.1) is 0 Å². The van der Waals surface area contributed by atoms with E-state index in [1.54, 1.807) is 0 Å². The minimum Gasteiger partial charge on any atom is -0.468 e. The molecule has 0 saturated carbocycles. The highest BCUT2D eigenvalue weighted by atomic mass is 16.5. The first kappa shape index (κ1) is 11.4. The molecule has 0 aliphatic rings. The molecule has 0 rings (SSSR count). The molecule has 0 aliphatic heterocycles. The lowest BCUT2D eigenvalue weighted by Gasteiger charge is -2.26. The van der Waals surface area contributed by atoms with Crippen molar-refractivity contribution in [2.24, 2.45) is 5.92 Å². The van der Waals surface area contributed by atoms with Crippen molar-refractivity contribution in [1.29, 1.82) is 0 Å². The standard InChI is InChI=1S/C9H19NO2/c1-6-7(2)8(10(3)4)9(11)12-5/h7-8H,6H2,1-5H3/t7-,8-/m0/s1. The number of nitrogens with zero attached hydrogens (tertiary/aromatic N) is 1. The van der Waals surface area contributed by atoms with E-state index < -0.39 is 0 Å². The average Bonchev–Trinajstić information content (AvgIpc) is 2.03. The van der Waals surface area contributed by atoms with Gasteiger partial charge in [0.05, 0.1) is 7.11 Å². The third-order valence-electron chi connectivity index (χ3n) is 2.18. The van der Waals surface area contributed by atoms with E-state index in [0.717, 1.165) is 6.42 Å². The Morgan fingerprint density at radius 1 is 1.50 bits per heavy atom. The largest absolute Gasteiger partial charge is 0.468 e. The van der Waals surface area contributed by atoms with Crippen molar-refractivity contribution in [2.75, 3.05) is 21.2 Å². The molecule has 0 saturated heterocycles. The minimum atomic E-state index is -0.144. The van der Waals surface area contributed by atoms with Gasteiger partial charge in [0.25, 0.3) is 0 Å². The van der Waals surface area contributed by atoms with Crippen LogP contribution in [0.2, 0.25) is 0 Å². The minimum absolute atomic E-state index is 0.111. The number of carbonyl (C=O) groups excluding carboxylic acids is 1. The van der Waals surface area contributed by atoms with Crippen LogP contribution in [0.15, 0.2) is 0 Å². The highest BCUT2D eigenvalue weighted by Crippen LogP contribution is 2.13. The van der Waals surface area contributed by atoms with Crippen LogP contribution in [0.4, 0.5) is 0 Å². The summed E-state index contributed by atoms with van der Waals surface area (Å²) in [5.41, 5.74) is 0. The molecule has 0 aromatic carbocycles. The summed E-state index contributed by atoms with van der Waals surface area (Å²) < 4.78 is 4.72. The second kappa shape index (κ2) is 5.14. The second-order valence-electron chi connectivity index (χ2n) is 3.32. The lowest BCUT2D eigenvalue weighted by molar-refractivity contribution is -0.147. The fraction of sp³-hybridized carbons (Fsp3) is 0.889. The molecule has 12 heavy (non-hydrogen) atoms. The summed E-state index contributed by atoms with van der Waals surface area (Å²) in [5.74, 6) is 0.196. The van der Waals surface area contributed by atoms with Crippen LogP contribution in [0, 0.1) is 5.92 Å². The van der Waals surface area contributed by atoms with E-state index >= 15 is 0 Å². The highest BCUT2D eigenvalue weighted by molar-refractivity contribution is 5.75. The Bertz CT molecular complexity index is 145. The monoisotopic (exact) mass is 173 g/mol. The molecular weight excluding hydrogens is 154 g/mol. The van der Waals surface area contributed by atoms with Gasteiger partial charge in [0.15, 0.2) is 0 Å². The third-order valence-corrected chi connectivity index (χ3v) is 2.18. The Labute approximate surface area is 74.7 Å². The molecule has 0 fully saturated rings. The summed E-state index contributed by atoms with van der Waals surface area (Å²) in [6.45, 7) is 4.13. The van der Waals surface area contributed by atoms with Crippen LogP contribution >= 0.6 is 0 Å². The van der Waals surface area contributed by atoms with Gasteiger partial charge in [-0.2, -0.15) is 0 Å². The molecule has 0 aromatic heterocycles. The number of rotatable bonds is 4. The van der Waals surface area contributed by atoms with E-state index in [1.807, 2.05) is 19.0 Å². The van der Waals surface area contributed by atoms with Gasteiger partial charge in [0.2, 0.25) is 0 Å². The van der Waals surface area contributed by atoms with Gasteiger partial charge in [-0.05, 0) is 20.0 Å². The summed E-state index contributed by atoms with van der Waals surface area (Å²) >= 11 is 0. The topological polar surface area (TPSA) is 29.5 Å². The lowest BCUT2D eigenvalue weighted by Crippen LogP contribution is -2.41. The van der Waals surface area contributed by atoms with Crippen molar-refractivity contribution in [3.63, 3.8) is 0 Å². The van der Waals surface area contributed by atoms with Crippen LogP contribution in [-0.4, -0.2) is 38.1 Å². The van der Waals surface area contributed by atoms with Crippen LogP contribution in [0.1, 0.15) is 20.3 Å².